The summed E-state index contributed by atoms with van der Waals surface area (Å²) in [4.78, 5) is 0. The van der Waals surface area contributed by atoms with Gasteiger partial charge in [0.2, 0.25) is 0 Å². The first-order chi connectivity index (χ1) is 8.12. The Labute approximate surface area is 105 Å². The molecule has 0 spiro atoms. The summed E-state index contributed by atoms with van der Waals surface area (Å²) in [7, 11) is 1.74. The maximum absolute atomic E-state index is 6.21. The van der Waals surface area contributed by atoms with Crippen LogP contribution in [0.25, 0.3) is 0 Å². The maximum atomic E-state index is 6.21. The van der Waals surface area contributed by atoms with Gasteiger partial charge in [-0.15, -0.1) is 0 Å². The van der Waals surface area contributed by atoms with Crippen LogP contribution in [-0.4, -0.2) is 31.7 Å². The predicted octanol–water partition coefficient (Wildman–Crippen LogP) is 2.98. The van der Waals surface area contributed by atoms with Crippen molar-refractivity contribution in [3.63, 3.8) is 0 Å². The fourth-order valence-electron chi connectivity index (χ4n) is 3.42. The largest absolute Gasteiger partial charge is 0.378 e. The van der Waals surface area contributed by atoms with E-state index in [9.17, 15) is 0 Å². The lowest BCUT2D eigenvalue weighted by Crippen LogP contribution is -2.58. The minimum Gasteiger partial charge on any atom is -0.378 e. The van der Waals surface area contributed by atoms with E-state index in [1.807, 2.05) is 0 Å². The molecule has 5 atom stereocenters. The summed E-state index contributed by atoms with van der Waals surface area (Å²) >= 11 is 0. The summed E-state index contributed by atoms with van der Waals surface area (Å²) in [5.41, 5.74) is 0. The summed E-state index contributed by atoms with van der Waals surface area (Å²) in [6, 6.07) is 0. The van der Waals surface area contributed by atoms with Crippen molar-refractivity contribution in [2.24, 2.45) is 11.8 Å². The van der Waals surface area contributed by atoms with Gasteiger partial charge in [-0.1, -0.05) is 19.8 Å². The molecule has 2 fully saturated rings. The molecule has 0 radical (unpaired) electrons. The van der Waals surface area contributed by atoms with Crippen LogP contribution in [0, 0.1) is 11.8 Å². The number of methoxy groups -OCH3 is 1. The Bertz CT molecular complexity index is 254. The smallest absolute Gasteiger partial charge is 0.170 e. The molecule has 0 N–H and O–H groups in total. The van der Waals surface area contributed by atoms with E-state index >= 15 is 0 Å². The lowest BCUT2D eigenvalue weighted by molar-refractivity contribution is -0.329. The Morgan fingerprint density at radius 3 is 2.65 bits per heavy atom. The van der Waals surface area contributed by atoms with Gasteiger partial charge in [-0.05, 0) is 26.7 Å². The van der Waals surface area contributed by atoms with Crippen LogP contribution in [0.1, 0.15) is 46.5 Å². The topological polar surface area (TPSA) is 27.7 Å². The number of rotatable bonds is 3. The highest BCUT2D eigenvalue weighted by Gasteiger charge is 2.51. The van der Waals surface area contributed by atoms with E-state index in [1.165, 1.54) is 19.3 Å². The molecule has 2 unspecified atom stereocenters. The van der Waals surface area contributed by atoms with Crippen LogP contribution in [0.4, 0.5) is 0 Å². The molecule has 17 heavy (non-hydrogen) atoms. The molecule has 1 aliphatic heterocycles. The molecule has 2 aliphatic rings. The summed E-state index contributed by atoms with van der Waals surface area (Å²) in [6.07, 6.45) is 5.57. The van der Waals surface area contributed by atoms with Crippen molar-refractivity contribution < 1.29 is 14.2 Å². The van der Waals surface area contributed by atoms with Gasteiger partial charge in [-0.2, -0.15) is 0 Å². The van der Waals surface area contributed by atoms with E-state index < -0.39 is 5.79 Å². The standard InChI is InChI=1S/C14H26O3/c1-5-16-13-10(2)14(3,15-4)17-12-9-7-6-8-11(12)13/h10-13H,5-9H2,1-4H3/t10-,11?,12?,13+,14+/m1/s1. The third kappa shape index (κ3) is 2.38. The molecule has 0 aromatic heterocycles. The first kappa shape index (κ1) is 13.3. The van der Waals surface area contributed by atoms with Crippen LogP contribution in [0.5, 0.6) is 0 Å². The van der Waals surface area contributed by atoms with Crippen molar-refractivity contribution in [1.29, 1.82) is 0 Å². The van der Waals surface area contributed by atoms with E-state index in [0.717, 1.165) is 13.0 Å². The third-order valence-electron chi connectivity index (χ3n) is 4.65. The molecular formula is C14H26O3. The third-order valence-corrected chi connectivity index (χ3v) is 4.65. The second-order valence-electron chi connectivity index (χ2n) is 5.53. The van der Waals surface area contributed by atoms with Gasteiger partial charge in [-0.3, -0.25) is 0 Å². The van der Waals surface area contributed by atoms with Gasteiger partial charge in [0.05, 0.1) is 12.2 Å². The van der Waals surface area contributed by atoms with Gasteiger partial charge in [0, 0.05) is 25.6 Å². The van der Waals surface area contributed by atoms with E-state index in [4.69, 9.17) is 14.2 Å². The van der Waals surface area contributed by atoms with Crippen molar-refractivity contribution in [2.45, 2.75) is 64.4 Å². The number of hydrogen-bond donors (Lipinski definition) is 0. The first-order valence-electron chi connectivity index (χ1n) is 6.97. The minimum absolute atomic E-state index is 0.281. The molecule has 0 amide bonds. The normalized spacial score (nSPS) is 46.6. The molecule has 3 nitrogen and oxygen atoms in total. The van der Waals surface area contributed by atoms with E-state index in [0.29, 0.717) is 12.0 Å². The highest BCUT2D eigenvalue weighted by atomic mass is 16.7. The highest BCUT2D eigenvalue weighted by Crippen LogP contribution is 2.44. The Kier molecular flexibility index (Phi) is 4.11. The number of hydrogen-bond acceptors (Lipinski definition) is 3. The molecule has 1 heterocycles. The average molecular weight is 242 g/mol. The van der Waals surface area contributed by atoms with E-state index in [2.05, 4.69) is 20.8 Å². The Morgan fingerprint density at radius 2 is 2.00 bits per heavy atom. The van der Waals surface area contributed by atoms with E-state index in [1.54, 1.807) is 7.11 Å². The van der Waals surface area contributed by atoms with Crippen molar-refractivity contribution in [2.75, 3.05) is 13.7 Å². The maximum Gasteiger partial charge on any atom is 0.170 e. The lowest BCUT2D eigenvalue weighted by Gasteiger charge is -2.52. The van der Waals surface area contributed by atoms with Gasteiger partial charge >= 0.3 is 0 Å². The summed E-state index contributed by atoms with van der Waals surface area (Å²) < 4.78 is 17.8. The Hall–Kier alpha value is -0.120. The summed E-state index contributed by atoms with van der Waals surface area (Å²) in [5.74, 6) is 0.354. The second-order valence-corrected chi connectivity index (χ2v) is 5.53. The first-order valence-corrected chi connectivity index (χ1v) is 6.97. The zero-order valence-corrected chi connectivity index (χ0v) is 11.6. The monoisotopic (exact) mass is 242 g/mol. The van der Waals surface area contributed by atoms with Crippen LogP contribution >= 0.6 is 0 Å². The second kappa shape index (κ2) is 5.25. The average Bonchev–Trinajstić information content (AvgIpc) is 2.35. The number of fused-ring (bicyclic) bond motifs is 1. The van der Waals surface area contributed by atoms with E-state index in [-0.39, 0.29) is 12.0 Å². The van der Waals surface area contributed by atoms with Crippen LogP contribution in [0.15, 0.2) is 0 Å². The molecule has 3 heteroatoms. The van der Waals surface area contributed by atoms with Gasteiger partial charge in [0.25, 0.3) is 0 Å². The molecule has 1 saturated carbocycles. The fourth-order valence-corrected chi connectivity index (χ4v) is 3.42. The van der Waals surface area contributed by atoms with Crippen LogP contribution in [0.2, 0.25) is 0 Å². The van der Waals surface area contributed by atoms with Crippen LogP contribution in [0.3, 0.4) is 0 Å². The predicted molar refractivity (Wildman–Crippen MR) is 66.8 cm³/mol. The van der Waals surface area contributed by atoms with Gasteiger partial charge < -0.3 is 14.2 Å². The molecule has 100 valence electrons. The SMILES string of the molecule is CCO[C@@H]1C2CCCCC2O[C@](C)(OC)[C@@H]1C. The number of ether oxygens (including phenoxy) is 3. The van der Waals surface area contributed by atoms with Gasteiger partial charge in [0.15, 0.2) is 5.79 Å². The van der Waals surface area contributed by atoms with Crippen molar-refractivity contribution in [3.8, 4) is 0 Å². The van der Waals surface area contributed by atoms with Gasteiger partial charge in [0.1, 0.15) is 0 Å². The van der Waals surface area contributed by atoms with Crippen LogP contribution in [-0.2, 0) is 14.2 Å². The van der Waals surface area contributed by atoms with Crippen LogP contribution < -0.4 is 0 Å². The molecule has 1 saturated heterocycles. The Morgan fingerprint density at radius 1 is 1.29 bits per heavy atom. The Balaban J connectivity index is 2.19. The molecule has 0 bridgehead atoms. The zero-order valence-electron chi connectivity index (χ0n) is 11.6. The molecule has 1 aliphatic carbocycles. The lowest BCUT2D eigenvalue weighted by atomic mass is 9.74. The zero-order chi connectivity index (χ0) is 12.5. The fraction of sp³-hybridized carbons (Fsp3) is 1.00. The quantitative estimate of drug-likeness (QED) is 0.761. The summed E-state index contributed by atoms with van der Waals surface area (Å²) in [5, 5.41) is 0. The minimum atomic E-state index is -0.488. The highest BCUT2D eigenvalue weighted by molar-refractivity contribution is 4.95. The molecule has 0 aromatic rings. The van der Waals surface area contributed by atoms with Gasteiger partial charge in [-0.25, -0.2) is 0 Å². The van der Waals surface area contributed by atoms with Crippen molar-refractivity contribution >= 4 is 0 Å². The summed E-state index contributed by atoms with van der Waals surface area (Å²) in [6.45, 7) is 7.09. The van der Waals surface area contributed by atoms with Crippen molar-refractivity contribution in [1.82, 2.24) is 0 Å². The molecular weight excluding hydrogens is 216 g/mol. The van der Waals surface area contributed by atoms with Crippen molar-refractivity contribution in [3.05, 3.63) is 0 Å². The molecule has 2 rings (SSSR count). The molecule has 0 aromatic carbocycles.